The van der Waals surface area contributed by atoms with E-state index in [0.717, 1.165) is 49.8 Å². The third kappa shape index (κ3) is 4.33. The van der Waals surface area contributed by atoms with Gasteiger partial charge in [-0.25, -0.2) is 0 Å². The first-order valence-electron chi connectivity index (χ1n) is 15.5. The first kappa shape index (κ1) is 26.2. The van der Waals surface area contributed by atoms with E-state index in [-0.39, 0.29) is 0 Å². The van der Waals surface area contributed by atoms with Crippen molar-refractivity contribution in [2.45, 2.75) is 0 Å². The maximum absolute atomic E-state index is 6.59. The Bertz CT molecular complexity index is 2530. The van der Waals surface area contributed by atoms with Crippen molar-refractivity contribution in [3.8, 4) is 22.3 Å². The summed E-state index contributed by atoms with van der Waals surface area (Å²) in [5.41, 5.74) is 9.70. The molecule has 0 amide bonds. The van der Waals surface area contributed by atoms with Gasteiger partial charge in [0.2, 0.25) is 0 Å². The highest BCUT2D eigenvalue weighted by molar-refractivity contribution is 6.19. The highest BCUT2D eigenvalue weighted by atomic mass is 16.3. The molecule has 3 heteroatoms. The minimum atomic E-state index is 0.855. The first-order valence-corrected chi connectivity index (χ1v) is 15.5. The minimum absolute atomic E-state index is 0.855. The van der Waals surface area contributed by atoms with Gasteiger partial charge in [0.1, 0.15) is 11.2 Å². The zero-order valence-corrected chi connectivity index (χ0v) is 25.0. The number of hydrogen-bond donors (Lipinski definition) is 0. The Hall–Kier alpha value is -6.19. The van der Waals surface area contributed by atoms with Crippen LogP contribution in [0, 0.1) is 0 Å². The van der Waals surface area contributed by atoms with E-state index < -0.39 is 0 Å². The molecule has 3 nitrogen and oxygen atoms in total. The van der Waals surface area contributed by atoms with Crippen LogP contribution in [0.2, 0.25) is 0 Å². The van der Waals surface area contributed by atoms with Gasteiger partial charge in [0, 0.05) is 39.9 Å². The molecule has 0 spiro atoms. The van der Waals surface area contributed by atoms with E-state index >= 15 is 0 Å². The van der Waals surface area contributed by atoms with Crippen molar-refractivity contribution in [3.63, 3.8) is 0 Å². The Morgan fingerprint density at radius 1 is 0.478 bits per heavy atom. The van der Waals surface area contributed by atoms with Crippen molar-refractivity contribution in [2.24, 2.45) is 0 Å². The Kier molecular flexibility index (Phi) is 6.14. The Morgan fingerprint density at radius 3 is 2.15 bits per heavy atom. The maximum Gasteiger partial charge on any atom is 0.143 e. The van der Waals surface area contributed by atoms with Gasteiger partial charge in [-0.05, 0) is 81.6 Å². The van der Waals surface area contributed by atoms with Gasteiger partial charge in [-0.15, -0.1) is 0 Å². The van der Waals surface area contributed by atoms with Crippen molar-refractivity contribution in [1.82, 2.24) is 4.98 Å². The lowest BCUT2D eigenvalue weighted by molar-refractivity contribution is 0.672. The summed E-state index contributed by atoms with van der Waals surface area (Å²) in [5, 5.41) is 6.76. The molecule has 0 atom stereocenters. The summed E-state index contributed by atoms with van der Waals surface area (Å²) in [4.78, 5) is 6.69. The van der Waals surface area contributed by atoms with Crippen LogP contribution >= 0.6 is 0 Å². The van der Waals surface area contributed by atoms with Crippen molar-refractivity contribution < 1.29 is 4.42 Å². The fraction of sp³-hybridized carbons (Fsp3) is 0. The largest absolute Gasteiger partial charge is 0.455 e. The maximum atomic E-state index is 6.59. The van der Waals surface area contributed by atoms with E-state index in [1.54, 1.807) is 0 Å². The van der Waals surface area contributed by atoms with Crippen LogP contribution in [0.4, 0.5) is 17.1 Å². The third-order valence-electron chi connectivity index (χ3n) is 8.93. The lowest BCUT2D eigenvalue weighted by atomic mass is 9.97. The number of aromatic nitrogens is 1. The molecule has 0 aliphatic heterocycles. The monoisotopic (exact) mass is 588 g/mol. The zero-order valence-electron chi connectivity index (χ0n) is 25.0. The molecule has 0 saturated carbocycles. The molecule has 0 radical (unpaired) electrons. The average Bonchev–Trinajstić information content (AvgIpc) is 3.52. The van der Waals surface area contributed by atoms with E-state index in [4.69, 9.17) is 4.42 Å². The first-order chi connectivity index (χ1) is 22.8. The molecule has 46 heavy (non-hydrogen) atoms. The molecule has 0 bridgehead atoms. The second-order valence-corrected chi connectivity index (χ2v) is 11.6. The Morgan fingerprint density at radius 2 is 1.24 bits per heavy atom. The van der Waals surface area contributed by atoms with Crippen LogP contribution in [0.5, 0.6) is 0 Å². The fourth-order valence-electron chi connectivity index (χ4n) is 6.77. The average molecular weight is 589 g/mol. The van der Waals surface area contributed by atoms with Crippen LogP contribution in [-0.2, 0) is 0 Å². The Labute approximate surface area is 266 Å². The smallest absolute Gasteiger partial charge is 0.143 e. The highest BCUT2D eigenvalue weighted by Crippen LogP contribution is 2.45. The fourth-order valence-corrected chi connectivity index (χ4v) is 6.77. The summed E-state index contributed by atoms with van der Waals surface area (Å²) in [5.74, 6) is 0. The highest BCUT2D eigenvalue weighted by Gasteiger charge is 2.21. The van der Waals surface area contributed by atoms with Crippen molar-refractivity contribution >= 4 is 60.5 Å². The van der Waals surface area contributed by atoms with Crippen molar-refractivity contribution in [2.75, 3.05) is 4.90 Å². The van der Waals surface area contributed by atoms with Gasteiger partial charge in [0.25, 0.3) is 0 Å². The van der Waals surface area contributed by atoms with Gasteiger partial charge >= 0.3 is 0 Å². The molecule has 2 aromatic heterocycles. The molecular weight excluding hydrogens is 560 g/mol. The summed E-state index contributed by atoms with van der Waals surface area (Å²) >= 11 is 0. The molecule has 0 saturated heterocycles. The van der Waals surface area contributed by atoms with E-state index in [0.29, 0.717) is 0 Å². The quantitative estimate of drug-likeness (QED) is 0.200. The number of fused-ring (bicyclic) bond motifs is 6. The number of pyridine rings is 1. The van der Waals surface area contributed by atoms with Crippen LogP contribution in [-0.4, -0.2) is 4.98 Å². The number of furan rings is 1. The zero-order chi connectivity index (χ0) is 30.5. The molecule has 0 aliphatic rings. The predicted molar refractivity (Wildman–Crippen MR) is 192 cm³/mol. The number of anilines is 3. The summed E-state index contributed by atoms with van der Waals surface area (Å²) in [7, 11) is 0. The SMILES string of the molecule is c1ccc(-c2ccc(N(c3cccc(-c4cccc5ccccc45)c3)c3cccc4oc5c6ccncc6ccc5c34)cc2)cc1. The number of nitrogens with zero attached hydrogens (tertiary/aromatic N) is 2. The van der Waals surface area contributed by atoms with Crippen LogP contribution in [0.3, 0.4) is 0 Å². The molecule has 0 N–H and O–H groups in total. The second-order valence-electron chi connectivity index (χ2n) is 11.6. The third-order valence-corrected chi connectivity index (χ3v) is 8.93. The van der Waals surface area contributed by atoms with Crippen LogP contribution in [0.15, 0.2) is 175 Å². The van der Waals surface area contributed by atoms with Gasteiger partial charge in [-0.2, -0.15) is 0 Å². The van der Waals surface area contributed by atoms with Crippen LogP contribution in [0.1, 0.15) is 0 Å². The van der Waals surface area contributed by atoms with Gasteiger partial charge in [-0.1, -0.05) is 109 Å². The lowest BCUT2D eigenvalue weighted by Gasteiger charge is -2.27. The molecule has 216 valence electrons. The Balaban J connectivity index is 1.28. The minimum Gasteiger partial charge on any atom is -0.455 e. The van der Waals surface area contributed by atoms with Crippen molar-refractivity contribution in [1.29, 1.82) is 0 Å². The number of hydrogen-bond acceptors (Lipinski definition) is 3. The van der Waals surface area contributed by atoms with Gasteiger partial charge in [-0.3, -0.25) is 4.98 Å². The van der Waals surface area contributed by atoms with E-state index in [9.17, 15) is 0 Å². The summed E-state index contributed by atoms with van der Waals surface area (Å²) in [6.07, 6.45) is 3.72. The van der Waals surface area contributed by atoms with Crippen LogP contribution in [0.25, 0.3) is 65.7 Å². The molecule has 0 unspecified atom stereocenters. The van der Waals surface area contributed by atoms with Crippen LogP contribution < -0.4 is 4.90 Å². The number of rotatable bonds is 5. The molecule has 9 rings (SSSR count). The second kappa shape index (κ2) is 10.8. The lowest BCUT2D eigenvalue weighted by Crippen LogP contribution is -2.10. The molecule has 7 aromatic carbocycles. The van der Waals surface area contributed by atoms with Crippen molar-refractivity contribution in [3.05, 3.63) is 170 Å². The molecule has 9 aromatic rings. The van der Waals surface area contributed by atoms with Gasteiger partial charge in [0.05, 0.1) is 11.1 Å². The van der Waals surface area contributed by atoms with E-state index in [1.165, 1.54) is 33.0 Å². The molecular formula is C43H28N2O. The molecule has 0 fully saturated rings. The summed E-state index contributed by atoms with van der Waals surface area (Å²) in [6, 6.07) is 56.0. The topological polar surface area (TPSA) is 29.3 Å². The molecule has 0 aliphatic carbocycles. The van der Waals surface area contributed by atoms with E-state index in [1.807, 2.05) is 18.5 Å². The van der Waals surface area contributed by atoms with Gasteiger partial charge < -0.3 is 9.32 Å². The molecule has 2 heterocycles. The standard InChI is InChI=1S/C43H28N2O/c1-2-9-29(10-3-1)30-19-22-34(23-20-30)45(35-14-6-13-32(27-35)37-16-7-12-31-11-4-5-15-36(31)37)40-17-8-18-41-42(40)39-24-21-33-28-44-26-25-38(33)43(39)46-41/h1-28H. The predicted octanol–water partition coefficient (Wildman–Crippen LogP) is 12.1. The summed E-state index contributed by atoms with van der Waals surface area (Å²) < 4.78 is 6.59. The summed E-state index contributed by atoms with van der Waals surface area (Å²) in [6.45, 7) is 0. The van der Waals surface area contributed by atoms with E-state index in [2.05, 4.69) is 162 Å². The number of benzene rings is 7. The van der Waals surface area contributed by atoms with Gasteiger partial charge in [0.15, 0.2) is 0 Å². The normalized spacial score (nSPS) is 11.5.